The maximum atomic E-state index is 12.7. The van der Waals surface area contributed by atoms with Gasteiger partial charge in [-0.2, -0.15) is 4.98 Å². The van der Waals surface area contributed by atoms with Gasteiger partial charge in [-0.05, 0) is 48.9 Å². The topological polar surface area (TPSA) is 89.7 Å². The fourth-order valence-corrected chi connectivity index (χ4v) is 4.27. The zero-order valence-corrected chi connectivity index (χ0v) is 18.0. The van der Waals surface area contributed by atoms with Crippen LogP contribution < -0.4 is 14.8 Å². The Morgan fingerprint density at radius 3 is 2.97 bits per heavy atom. The van der Waals surface area contributed by atoms with Gasteiger partial charge < -0.3 is 24.2 Å². The molecule has 0 radical (unpaired) electrons. The SMILES string of the molecule is Cc1ccccc1-c1noc(C[C@H]2CCCN(C(=O)NCc3ccc4c(c3)OCO4)C2)n1. The second-order valence-electron chi connectivity index (χ2n) is 8.33. The first-order chi connectivity index (χ1) is 15.7. The number of fused-ring (bicyclic) bond motifs is 1. The molecule has 1 fully saturated rings. The zero-order valence-electron chi connectivity index (χ0n) is 18.0. The van der Waals surface area contributed by atoms with Crippen LogP contribution in [-0.2, 0) is 13.0 Å². The van der Waals surface area contributed by atoms with Crippen LogP contribution in [0, 0.1) is 12.8 Å². The minimum Gasteiger partial charge on any atom is -0.454 e. The van der Waals surface area contributed by atoms with Gasteiger partial charge in [-0.1, -0.05) is 35.5 Å². The number of nitrogens with one attached hydrogen (secondary N) is 1. The molecule has 1 N–H and O–H groups in total. The third kappa shape index (κ3) is 4.39. The van der Waals surface area contributed by atoms with Gasteiger partial charge in [-0.25, -0.2) is 4.79 Å². The second kappa shape index (κ2) is 8.90. The van der Waals surface area contributed by atoms with Crippen molar-refractivity contribution >= 4 is 6.03 Å². The molecule has 2 amide bonds. The van der Waals surface area contributed by atoms with E-state index >= 15 is 0 Å². The predicted molar refractivity (Wildman–Crippen MR) is 117 cm³/mol. The van der Waals surface area contributed by atoms with Gasteiger partial charge in [0.15, 0.2) is 11.5 Å². The lowest BCUT2D eigenvalue weighted by Gasteiger charge is -2.32. The van der Waals surface area contributed by atoms with Gasteiger partial charge in [0.05, 0.1) is 0 Å². The van der Waals surface area contributed by atoms with Crippen molar-refractivity contribution in [2.24, 2.45) is 5.92 Å². The van der Waals surface area contributed by atoms with E-state index in [2.05, 4.69) is 15.5 Å². The highest BCUT2D eigenvalue weighted by molar-refractivity contribution is 5.74. The summed E-state index contributed by atoms with van der Waals surface area (Å²) in [6.45, 7) is 4.15. The molecule has 8 nitrogen and oxygen atoms in total. The fourth-order valence-electron chi connectivity index (χ4n) is 4.27. The number of benzene rings is 2. The highest BCUT2D eigenvalue weighted by Gasteiger charge is 2.26. The van der Waals surface area contributed by atoms with Crippen LogP contribution in [0.1, 0.15) is 29.9 Å². The van der Waals surface area contributed by atoms with Crippen LogP contribution in [-0.4, -0.2) is 41.0 Å². The summed E-state index contributed by atoms with van der Waals surface area (Å²) in [5.74, 6) is 3.00. The van der Waals surface area contributed by atoms with Gasteiger partial charge >= 0.3 is 6.03 Å². The number of aromatic nitrogens is 2. The molecule has 1 atom stereocenters. The van der Waals surface area contributed by atoms with Crippen LogP contribution in [0.25, 0.3) is 11.4 Å². The average Bonchev–Trinajstić information content (AvgIpc) is 3.47. The Bertz CT molecular complexity index is 1110. The van der Waals surface area contributed by atoms with E-state index in [0.29, 0.717) is 37.1 Å². The number of hydrogen-bond donors (Lipinski definition) is 1. The van der Waals surface area contributed by atoms with Gasteiger partial charge in [-0.3, -0.25) is 0 Å². The average molecular weight is 434 g/mol. The third-order valence-electron chi connectivity index (χ3n) is 6.00. The summed E-state index contributed by atoms with van der Waals surface area (Å²) in [6.07, 6.45) is 2.67. The number of piperidine rings is 1. The van der Waals surface area contributed by atoms with Crippen molar-refractivity contribution in [2.45, 2.75) is 32.7 Å². The number of nitrogens with zero attached hydrogens (tertiary/aromatic N) is 3. The smallest absolute Gasteiger partial charge is 0.317 e. The van der Waals surface area contributed by atoms with E-state index in [1.807, 2.05) is 54.3 Å². The molecule has 166 valence electrons. The van der Waals surface area contributed by atoms with Crippen LogP contribution in [0.15, 0.2) is 47.0 Å². The van der Waals surface area contributed by atoms with Crippen molar-refractivity contribution in [2.75, 3.05) is 19.9 Å². The van der Waals surface area contributed by atoms with Crippen LogP contribution in [0.2, 0.25) is 0 Å². The number of hydrogen-bond acceptors (Lipinski definition) is 6. The molecule has 0 spiro atoms. The molecule has 8 heteroatoms. The minimum absolute atomic E-state index is 0.0569. The zero-order chi connectivity index (χ0) is 21.9. The largest absolute Gasteiger partial charge is 0.454 e. The van der Waals surface area contributed by atoms with Crippen molar-refractivity contribution < 1.29 is 18.8 Å². The molecule has 0 bridgehead atoms. The van der Waals surface area contributed by atoms with Crippen molar-refractivity contribution in [3.63, 3.8) is 0 Å². The number of carbonyl (C=O) groups is 1. The number of amides is 2. The third-order valence-corrected chi connectivity index (χ3v) is 6.00. The Kier molecular flexibility index (Phi) is 5.66. The number of ether oxygens (including phenoxy) is 2. The van der Waals surface area contributed by atoms with Crippen molar-refractivity contribution in [3.05, 3.63) is 59.5 Å². The van der Waals surface area contributed by atoms with Crippen LogP contribution >= 0.6 is 0 Å². The summed E-state index contributed by atoms with van der Waals surface area (Å²) in [5.41, 5.74) is 3.07. The summed E-state index contributed by atoms with van der Waals surface area (Å²) in [4.78, 5) is 19.2. The van der Waals surface area contributed by atoms with E-state index in [9.17, 15) is 4.79 Å². The Morgan fingerprint density at radius 2 is 2.06 bits per heavy atom. The normalized spacial score (nSPS) is 17.4. The van der Waals surface area contributed by atoms with E-state index in [1.54, 1.807) is 0 Å². The first-order valence-corrected chi connectivity index (χ1v) is 11.0. The summed E-state index contributed by atoms with van der Waals surface area (Å²) in [5, 5.41) is 7.17. The molecular weight excluding hydrogens is 408 g/mol. The van der Waals surface area contributed by atoms with Crippen molar-refractivity contribution in [1.82, 2.24) is 20.4 Å². The number of aryl methyl sites for hydroxylation is 1. The van der Waals surface area contributed by atoms with Crippen LogP contribution in [0.5, 0.6) is 11.5 Å². The predicted octanol–water partition coefficient (Wildman–Crippen LogP) is 3.94. The molecule has 2 aromatic carbocycles. The van der Waals surface area contributed by atoms with Gasteiger partial charge in [-0.15, -0.1) is 0 Å². The Balaban J connectivity index is 1.16. The molecule has 0 aliphatic carbocycles. The fraction of sp³-hybridized carbons (Fsp3) is 0.375. The Hall–Kier alpha value is -3.55. The summed E-state index contributed by atoms with van der Waals surface area (Å²) in [7, 11) is 0. The lowest BCUT2D eigenvalue weighted by Crippen LogP contribution is -2.45. The van der Waals surface area contributed by atoms with E-state index in [-0.39, 0.29) is 12.8 Å². The lowest BCUT2D eigenvalue weighted by atomic mass is 9.95. The van der Waals surface area contributed by atoms with E-state index in [1.165, 1.54) is 0 Å². The standard InChI is InChI=1S/C24H26N4O4/c1-16-5-2-3-7-19(16)23-26-22(32-27-23)12-18-6-4-10-28(14-18)24(29)25-13-17-8-9-20-21(11-17)31-15-30-20/h2-3,5,7-9,11,18H,4,6,10,12-15H2,1H3,(H,25,29)/t18-/m1/s1. The number of urea groups is 1. The molecule has 1 aromatic heterocycles. The molecular formula is C24H26N4O4. The molecule has 1 saturated heterocycles. The van der Waals surface area contributed by atoms with Crippen molar-refractivity contribution in [1.29, 1.82) is 0 Å². The Labute approximate surface area is 186 Å². The molecule has 3 aromatic rings. The summed E-state index contributed by atoms with van der Waals surface area (Å²) < 4.78 is 16.2. The first kappa shape index (κ1) is 20.4. The number of carbonyl (C=O) groups excluding carboxylic acids is 1. The molecule has 2 aliphatic rings. The van der Waals surface area contributed by atoms with Crippen molar-refractivity contribution in [3.8, 4) is 22.9 Å². The number of likely N-dealkylation sites (tertiary alicyclic amines) is 1. The van der Waals surface area contributed by atoms with Crippen LogP contribution in [0.3, 0.4) is 0 Å². The molecule has 0 saturated carbocycles. The van der Waals surface area contributed by atoms with Crippen LogP contribution in [0.4, 0.5) is 4.79 Å². The van der Waals surface area contributed by atoms with Gasteiger partial charge in [0, 0.05) is 31.6 Å². The first-order valence-electron chi connectivity index (χ1n) is 11.0. The Morgan fingerprint density at radius 1 is 1.19 bits per heavy atom. The monoisotopic (exact) mass is 434 g/mol. The molecule has 0 unspecified atom stereocenters. The minimum atomic E-state index is -0.0569. The van der Waals surface area contributed by atoms with Gasteiger partial charge in [0.25, 0.3) is 0 Å². The molecule has 5 rings (SSSR count). The highest BCUT2D eigenvalue weighted by atomic mass is 16.7. The number of rotatable bonds is 5. The maximum Gasteiger partial charge on any atom is 0.317 e. The lowest BCUT2D eigenvalue weighted by molar-refractivity contribution is 0.161. The molecule has 32 heavy (non-hydrogen) atoms. The van der Waals surface area contributed by atoms with Gasteiger partial charge in [0.2, 0.25) is 18.5 Å². The van der Waals surface area contributed by atoms with E-state index < -0.39 is 0 Å². The van der Waals surface area contributed by atoms with Gasteiger partial charge in [0.1, 0.15) is 0 Å². The van der Waals surface area contributed by atoms with E-state index in [0.717, 1.165) is 47.6 Å². The summed E-state index contributed by atoms with van der Waals surface area (Å²) in [6, 6.07) is 13.7. The maximum absolute atomic E-state index is 12.7. The second-order valence-corrected chi connectivity index (χ2v) is 8.33. The summed E-state index contributed by atoms with van der Waals surface area (Å²) >= 11 is 0. The van der Waals surface area contributed by atoms with E-state index in [4.69, 9.17) is 14.0 Å². The highest BCUT2D eigenvalue weighted by Crippen LogP contribution is 2.32. The molecule has 3 heterocycles. The quantitative estimate of drug-likeness (QED) is 0.654. The molecule has 2 aliphatic heterocycles.